The normalized spacial score (nSPS) is 24.3. The molecule has 1 N–H and O–H groups in total. The van der Waals surface area contributed by atoms with Crippen LogP contribution in [0.25, 0.3) is 10.8 Å². The third-order valence-electron chi connectivity index (χ3n) is 3.89. The lowest BCUT2D eigenvalue weighted by atomic mass is 10.1. The fourth-order valence-corrected chi connectivity index (χ4v) is 4.86. The molecule has 0 aromatic heterocycles. The van der Waals surface area contributed by atoms with E-state index in [0.29, 0.717) is 18.0 Å². The minimum atomic E-state index is -3.46. The second-order valence-electron chi connectivity index (χ2n) is 5.77. The number of hydrogen-bond acceptors (Lipinski definition) is 3. The Morgan fingerprint density at radius 2 is 1.62 bits per heavy atom. The topological polar surface area (TPSA) is 49.4 Å². The van der Waals surface area contributed by atoms with E-state index in [0.717, 1.165) is 10.8 Å². The summed E-state index contributed by atoms with van der Waals surface area (Å²) in [4.78, 5) is 0.405. The van der Waals surface area contributed by atoms with Gasteiger partial charge in [0.15, 0.2) is 0 Å². The van der Waals surface area contributed by atoms with E-state index in [2.05, 4.69) is 5.32 Å². The molecule has 0 bridgehead atoms. The predicted octanol–water partition coefficient (Wildman–Crippen LogP) is 2.21. The van der Waals surface area contributed by atoms with Gasteiger partial charge < -0.3 is 5.32 Å². The molecule has 1 saturated heterocycles. The Bertz CT molecular complexity index is 742. The van der Waals surface area contributed by atoms with E-state index in [-0.39, 0.29) is 12.1 Å². The Morgan fingerprint density at radius 1 is 1.00 bits per heavy atom. The first-order chi connectivity index (χ1) is 9.98. The summed E-state index contributed by atoms with van der Waals surface area (Å²) in [6.07, 6.45) is 0. The number of nitrogens with one attached hydrogen (secondary N) is 1. The van der Waals surface area contributed by atoms with Crippen molar-refractivity contribution in [3.8, 4) is 0 Å². The fourth-order valence-electron chi connectivity index (χ4n) is 3.03. The standard InChI is InChI=1S/C16H20N2O2S/c1-12-10-18(11-13(2)17-12)21(19,20)16-9-5-7-14-6-3-4-8-15(14)16/h3-9,12-13,17H,10-11H2,1-2H3/t12-,13+. The van der Waals surface area contributed by atoms with Gasteiger partial charge >= 0.3 is 0 Å². The van der Waals surface area contributed by atoms with Gasteiger partial charge in [0.1, 0.15) is 0 Å². The van der Waals surface area contributed by atoms with Gasteiger partial charge in [0.2, 0.25) is 10.0 Å². The molecule has 1 aliphatic rings. The minimum Gasteiger partial charge on any atom is -0.309 e. The maximum Gasteiger partial charge on any atom is 0.243 e. The van der Waals surface area contributed by atoms with Crippen LogP contribution in [0.4, 0.5) is 0 Å². The van der Waals surface area contributed by atoms with E-state index in [1.807, 2.05) is 50.2 Å². The smallest absolute Gasteiger partial charge is 0.243 e. The molecule has 0 amide bonds. The molecule has 0 saturated carbocycles. The van der Waals surface area contributed by atoms with Gasteiger partial charge in [-0.2, -0.15) is 4.31 Å². The van der Waals surface area contributed by atoms with Crippen molar-refractivity contribution in [1.29, 1.82) is 0 Å². The second kappa shape index (κ2) is 5.40. The molecule has 4 nitrogen and oxygen atoms in total. The highest BCUT2D eigenvalue weighted by atomic mass is 32.2. The number of fused-ring (bicyclic) bond motifs is 1. The quantitative estimate of drug-likeness (QED) is 0.925. The molecule has 112 valence electrons. The van der Waals surface area contributed by atoms with E-state index < -0.39 is 10.0 Å². The lowest BCUT2D eigenvalue weighted by molar-refractivity contribution is 0.263. The van der Waals surface area contributed by atoms with E-state index in [1.165, 1.54) is 0 Å². The van der Waals surface area contributed by atoms with Crippen LogP contribution in [0, 0.1) is 0 Å². The van der Waals surface area contributed by atoms with Crippen LogP contribution in [0.1, 0.15) is 13.8 Å². The molecule has 0 spiro atoms. The Kier molecular flexibility index (Phi) is 3.73. The lowest BCUT2D eigenvalue weighted by Gasteiger charge is -2.35. The van der Waals surface area contributed by atoms with Crippen LogP contribution in [0.3, 0.4) is 0 Å². The Balaban J connectivity index is 2.08. The van der Waals surface area contributed by atoms with Crippen LogP contribution in [0.15, 0.2) is 47.4 Å². The third kappa shape index (κ3) is 2.69. The largest absolute Gasteiger partial charge is 0.309 e. The average molecular weight is 304 g/mol. The molecule has 21 heavy (non-hydrogen) atoms. The summed E-state index contributed by atoms with van der Waals surface area (Å²) in [5.41, 5.74) is 0. The molecule has 2 aromatic carbocycles. The van der Waals surface area contributed by atoms with Gasteiger partial charge in [-0.25, -0.2) is 8.42 Å². The molecule has 0 radical (unpaired) electrons. The van der Waals surface area contributed by atoms with Crippen molar-refractivity contribution in [3.63, 3.8) is 0 Å². The zero-order valence-corrected chi connectivity index (χ0v) is 13.1. The highest BCUT2D eigenvalue weighted by molar-refractivity contribution is 7.89. The van der Waals surface area contributed by atoms with E-state index in [1.54, 1.807) is 10.4 Å². The zero-order valence-electron chi connectivity index (χ0n) is 12.3. The van der Waals surface area contributed by atoms with Crippen LogP contribution in [0.2, 0.25) is 0 Å². The Labute approximate surface area is 125 Å². The number of sulfonamides is 1. The van der Waals surface area contributed by atoms with Crippen molar-refractivity contribution in [2.75, 3.05) is 13.1 Å². The number of rotatable bonds is 2. The first-order valence-corrected chi connectivity index (χ1v) is 8.66. The van der Waals surface area contributed by atoms with Crippen LogP contribution < -0.4 is 5.32 Å². The van der Waals surface area contributed by atoms with Crippen molar-refractivity contribution in [3.05, 3.63) is 42.5 Å². The number of nitrogens with zero attached hydrogens (tertiary/aromatic N) is 1. The third-order valence-corrected chi connectivity index (χ3v) is 5.78. The summed E-state index contributed by atoms with van der Waals surface area (Å²) in [5, 5.41) is 5.11. The molecular formula is C16H20N2O2S. The lowest BCUT2D eigenvalue weighted by Crippen LogP contribution is -2.55. The molecule has 2 atom stereocenters. The highest BCUT2D eigenvalue weighted by Crippen LogP contribution is 2.26. The molecule has 5 heteroatoms. The van der Waals surface area contributed by atoms with Crippen molar-refractivity contribution in [1.82, 2.24) is 9.62 Å². The molecule has 3 rings (SSSR count). The molecule has 1 fully saturated rings. The van der Waals surface area contributed by atoms with Gasteiger partial charge in [0, 0.05) is 30.6 Å². The van der Waals surface area contributed by atoms with Crippen LogP contribution >= 0.6 is 0 Å². The maximum absolute atomic E-state index is 13.0. The zero-order chi connectivity index (χ0) is 15.0. The predicted molar refractivity (Wildman–Crippen MR) is 84.8 cm³/mol. The molecule has 0 unspecified atom stereocenters. The van der Waals surface area contributed by atoms with Gasteiger partial charge in [0.25, 0.3) is 0 Å². The van der Waals surface area contributed by atoms with E-state index in [4.69, 9.17) is 0 Å². The van der Waals surface area contributed by atoms with E-state index in [9.17, 15) is 8.42 Å². The maximum atomic E-state index is 13.0. The SMILES string of the molecule is C[C@@H]1CN(S(=O)(=O)c2cccc3ccccc23)C[C@H](C)N1. The summed E-state index contributed by atoms with van der Waals surface area (Å²) in [5.74, 6) is 0. The van der Waals surface area contributed by atoms with Crippen molar-refractivity contribution in [2.45, 2.75) is 30.8 Å². The number of hydrogen-bond donors (Lipinski definition) is 1. The highest BCUT2D eigenvalue weighted by Gasteiger charge is 2.32. The average Bonchev–Trinajstić information content (AvgIpc) is 2.45. The summed E-state index contributed by atoms with van der Waals surface area (Å²) in [6.45, 7) is 5.05. The molecular weight excluding hydrogens is 284 g/mol. The first kappa shape index (κ1) is 14.5. The van der Waals surface area contributed by atoms with Crippen LogP contribution in [-0.4, -0.2) is 37.9 Å². The fraction of sp³-hybridized carbons (Fsp3) is 0.375. The summed E-state index contributed by atoms with van der Waals surface area (Å²) >= 11 is 0. The number of benzene rings is 2. The minimum absolute atomic E-state index is 0.165. The van der Waals surface area contributed by atoms with Gasteiger partial charge in [-0.05, 0) is 25.3 Å². The van der Waals surface area contributed by atoms with Crippen molar-refractivity contribution in [2.24, 2.45) is 0 Å². The summed E-state index contributed by atoms with van der Waals surface area (Å²) < 4.78 is 27.6. The number of piperazine rings is 1. The van der Waals surface area contributed by atoms with Crippen LogP contribution in [0.5, 0.6) is 0 Å². The monoisotopic (exact) mass is 304 g/mol. The van der Waals surface area contributed by atoms with Crippen molar-refractivity contribution >= 4 is 20.8 Å². The van der Waals surface area contributed by atoms with E-state index >= 15 is 0 Å². The first-order valence-electron chi connectivity index (χ1n) is 7.22. The summed E-state index contributed by atoms with van der Waals surface area (Å²) in [7, 11) is -3.46. The second-order valence-corrected chi connectivity index (χ2v) is 7.67. The van der Waals surface area contributed by atoms with Gasteiger partial charge in [-0.15, -0.1) is 0 Å². The van der Waals surface area contributed by atoms with Crippen molar-refractivity contribution < 1.29 is 8.42 Å². The van der Waals surface area contributed by atoms with Crippen LogP contribution in [-0.2, 0) is 10.0 Å². The molecule has 0 aliphatic carbocycles. The Morgan fingerprint density at radius 3 is 2.33 bits per heavy atom. The van der Waals surface area contributed by atoms with Gasteiger partial charge in [0.05, 0.1) is 4.90 Å². The Hall–Kier alpha value is -1.43. The van der Waals surface area contributed by atoms with Gasteiger partial charge in [-0.3, -0.25) is 0 Å². The molecule has 1 heterocycles. The molecule has 2 aromatic rings. The summed E-state index contributed by atoms with van der Waals surface area (Å²) in [6, 6.07) is 13.4. The van der Waals surface area contributed by atoms with Gasteiger partial charge in [-0.1, -0.05) is 36.4 Å². The molecule has 1 aliphatic heterocycles.